The average molecular weight is 222 g/mol. The van der Waals surface area contributed by atoms with Crippen LogP contribution in [-0.4, -0.2) is 27.8 Å². The SMILES string of the molecule is CC(CCS(=O)(=O)F)S(=O)(=O)F. The number of hydrogen-bond acceptors (Lipinski definition) is 4. The van der Waals surface area contributed by atoms with Crippen molar-refractivity contribution in [3.8, 4) is 0 Å². The Kier molecular flexibility index (Phi) is 3.58. The Balaban J connectivity index is 4.16. The highest BCUT2D eigenvalue weighted by Crippen LogP contribution is 2.09. The lowest BCUT2D eigenvalue weighted by atomic mass is 10.4. The zero-order chi connectivity index (χ0) is 9.99. The molecule has 0 bridgehead atoms. The van der Waals surface area contributed by atoms with Gasteiger partial charge in [0.15, 0.2) is 0 Å². The first-order chi connectivity index (χ1) is 5.13. The van der Waals surface area contributed by atoms with Crippen molar-refractivity contribution in [1.82, 2.24) is 0 Å². The van der Waals surface area contributed by atoms with Gasteiger partial charge in [-0.1, -0.05) is 0 Å². The Morgan fingerprint density at radius 2 is 1.58 bits per heavy atom. The van der Waals surface area contributed by atoms with E-state index in [9.17, 15) is 24.6 Å². The molecule has 0 aromatic rings. The van der Waals surface area contributed by atoms with Crippen LogP contribution in [0.2, 0.25) is 0 Å². The highest BCUT2D eigenvalue weighted by atomic mass is 32.3. The van der Waals surface area contributed by atoms with Crippen LogP contribution in [0.4, 0.5) is 7.77 Å². The topological polar surface area (TPSA) is 68.3 Å². The molecule has 0 aliphatic heterocycles. The summed E-state index contributed by atoms with van der Waals surface area (Å²) in [6.45, 7) is 0.973. The molecule has 1 atom stereocenters. The fourth-order valence-electron chi connectivity index (χ4n) is 0.448. The van der Waals surface area contributed by atoms with E-state index < -0.39 is 37.9 Å². The Morgan fingerprint density at radius 3 is 1.83 bits per heavy atom. The normalized spacial score (nSPS) is 15.9. The maximum Gasteiger partial charge on any atom is 0.305 e. The van der Waals surface area contributed by atoms with Gasteiger partial charge in [0.2, 0.25) is 0 Å². The Labute approximate surface area is 70.0 Å². The molecule has 0 radical (unpaired) electrons. The summed E-state index contributed by atoms with van der Waals surface area (Å²) in [6, 6.07) is 0. The van der Waals surface area contributed by atoms with E-state index in [-0.39, 0.29) is 0 Å². The van der Waals surface area contributed by atoms with Crippen LogP contribution >= 0.6 is 0 Å². The van der Waals surface area contributed by atoms with Crippen LogP contribution in [0.5, 0.6) is 0 Å². The highest BCUT2D eigenvalue weighted by Gasteiger charge is 2.21. The molecule has 0 heterocycles. The quantitative estimate of drug-likeness (QED) is 0.644. The molecule has 0 spiro atoms. The van der Waals surface area contributed by atoms with Crippen molar-refractivity contribution in [3.05, 3.63) is 0 Å². The lowest BCUT2D eigenvalue weighted by Gasteiger charge is -2.02. The molecule has 74 valence electrons. The number of rotatable bonds is 4. The van der Waals surface area contributed by atoms with Gasteiger partial charge in [-0.05, 0) is 13.3 Å². The van der Waals surface area contributed by atoms with Crippen LogP contribution in [0.1, 0.15) is 13.3 Å². The van der Waals surface area contributed by atoms with Crippen molar-refractivity contribution < 1.29 is 24.6 Å². The number of hydrogen-bond donors (Lipinski definition) is 0. The molecule has 0 aromatic heterocycles. The zero-order valence-corrected chi connectivity index (χ0v) is 7.83. The van der Waals surface area contributed by atoms with Crippen LogP contribution < -0.4 is 0 Å². The lowest BCUT2D eigenvalue weighted by Crippen LogP contribution is -2.16. The van der Waals surface area contributed by atoms with Gasteiger partial charge < -0.3 is 0 Å². The van der Waals surface area contributed by atoms with E-state index in [1.54, 1.807) is 0 Å². The Bertz CT molecular complexity index is 330. The van der Waals surface area contributed by atoms with Crippen LogP contribution in [0.3, 0.4) is 0 Å². The average Bonchev–Trinajstić information content (AvgIpc) is 1.78. The molecule has 0 aliphatic carbocycles. The monoisotopic (exact) mass is 222 g/mol. The predicted octanol–water partition coefficient (Wildman–Crippen LogP) is 0.364. The van der Waals surface area contributed by atoms with Gasteiger partial charge in [0.25, 0.3) is 0 Å². The maximum atomic E-state index is 12.0. The Hall–Kier alpha value is -0.240. The summed E-state index contributed by atoms with van der Waals surface area (Å²) < 4.78 is 63.7. The summed E-state index contributed by atoms with van der Waals surface area (Å²) in [5, 5.41) is -1.48. The van der Waals surface area contributed by atoms with E-state index in [4.69, 9.17) is 0 Å². The second kappa shape index (κ2) is 3.65. The molecule has 1 unspecified atom stereocenters. The van der Waals surface area contributed by atoms with Crippen molar-refractivity contribution in [3.63, 3.8) is 0 Å². The first-order valence-corrected chi connectivity index (χ1v) is 5.98. The molecule has 0 saturated heterocycles. The van der Waals surface area contributed by atoms with Crippen LogP contribution in [-0.2, 0) is 20.4 Å². The molecule has 4 nitrogen and oxygen atoms in total. The van der Waals surface area contributed by atoms with Crippen molar-refractivity contribution >= 4 is 20.4 Å². The largest absolute Gasteiger partial charge is 0.305 e. The summed E-state index contributed by atoms with van der Waals surface area (Å²) in [6.07, 6.45) is -0.572. The van der Waals surface area contributed by atoms with Gasteiger partial charge in [0.05, 0.1) is 11.0 Å². The summed E-state index contributed by atoms with van der Waals surface area (Å²) in [5.41, 5.74) is 0. The number of halogens is 2. The molecule has 0 N–H and O–H groups in total. The maximum absolute atomic E-state index is 12.0. The van der Waals surface area contributed by atoms with Gasteiger partial charge in [-0.15, -0.1) is 7.77 Å². The molecule has 0 saturated carbocycles. The fourth-order valence-corrected chi connectivity index (χ4v) is 1.63. The van der Waals surface area contributed by atoms with Gasteiger partial charge in [0.1, 0.15) is 0 Å². The second-order valence-corrected chi connectivity index (χ2v) is 5.56. The van der Waals surface area contributed by atoms with Gasteiger partial charge >= 0.3 is 20.4 Å². The lowest BCUT2D eigenvalue weighted by molar-refractivity contribution is 0.530. The van der Waals surface area contributed by atoms with Crippen molar-refractivity contribution in [2.45, 2.75) is 18.6 Å². The van der Waals surface area contributed by atoms with Crippen LogP contribution in [0.15, 0.2) is 0 Å². The zero-order valence-electron chi connectivity index (χ0n) is 6.20. The van der Waals surface area contributed by atoms with E-state index in [0.29, 0.717) is 0 Å². The van der Waals surface area contributed by atoms with E-state index in [0.717, 1.165) is 6.92 Å². The van der Waals surface area contributed by atoms with E-state index in [1.807, 2.05) is 0 Å². The third kappa shape index (κ3) is 5.42. The molecule has 0 amide bonds. The molecular formula is C4H8F2O4S2. The molecular weight excluding hydrogens is 214 g/mol. The van der Waals surface area contributed by atoms with E-state index in [2.05, 4.69) is 0 Å². The van der Waals surface area contributed by atoms with Gasteiger partial charge in [-0.2, -0.15) is 16.8 Å². The molecule has 12 heavy (non-hydrogen) atoms. The molecule has 0 rings (SSSR count). The first kappa shape index (κ1) is 11.8. The highest BCUT2D eigenvalue weighted by molar-refractivity contribution is 7.87. The van der Waals surface area contributed by atoms with Gasteiger partial charge in [-0.25, -0.2) is 0 Å². The smallest absolute Gasteiger partial charge is 0.195 e. The second-order valence-electron chi connectivity index (χ2n) is 2.32. The van der Waals surface area contributed by atoms with Crippen molar-refractivity contribution in [2.75, 3.05) is 5.75 Å². The van der Waals surface area contributed by atoms with Gasteiger partial charge in [0, 0.05) is 0 Å². The molecule has 0 aliphatic rings. The minimum atomic E-state index is -4.76. The molecule has 8 heteroatoms. The molecule has 0 fully saturated rings. The fraction of sp³-hybridized carbons (Fsp3) is 1.00. The summed E-state index contributed by atoms with van der Waals surface area (Å²) in [7, 11) is -9.47. The summed E-state index contributed by atoms with van der Waals surface area (Å²) in [5.74, 6) is -0.975. The van der Waals surface area contributed by atoms with E-state index in [1.165, 1.54) is 0 Å². The van der Waals surface area contributed by atoms with Crippen molar-refractivity contribution in [1.29, 1.82) is 0 Å². The third-order valence-corrected chi connectivity index (χ3v) is 3.17. The molecule has 0 aromatic carbocycles. The van der Waals surface area contributed by atoms with Crippen molar-refractivity contribution in [2.24, 2.45) is 0 Å². The van der Waals surface area contributed by atoms with E-state index >= 15 is 0 Å². The summed E-state index contributed by atoms with van der Waals surface area (Å²) >= 11 is 0. The Morgan fingerprint density at radius 1 is 1.17 bits per heavy atom. The predicted molar refractivity (Wildman–Crippen MR) is 39.0 cm³/mol. The summed E-state index contributed by atoms with van der Waals surface area (Å²) in [4.78, 5) is 0. The third-order valence-electron chi connectivity index (χ3n) is 1.25. The van der Waals surface area contributed by atoms with Gasteiger partial charge in [-0.3, -0.25) is 0 Å². The van der Waals surface area contributed by atoms with Crippen LogP contribution in [0, 0.1) is 0 Å². The minimum Gasteiger partial charge on any atom is -0.195 e. The first-order valence-electron chi connectivity index (χ1n) is 2.99. The standard InChI is InChI=1S/C4H8F2O4S2/c1-4(12(6,9)10)2-3-11(5,7)8/h4H,2-3H2,1H3. The van der Waals surface area contributed by atoms with Crippen LogP contribution in [0.25, 0.3) is 0 Å². The minimum absolute atomic E-state index is 0.572.